The lowest BCUT2D eigenvalue weighted by molar-refractivity contribution is -0.111. The summed E-state index contributed by atoms with van der Waals surface area (Å²) in [5.41, 5.74) is 4.33. The fourth-order valence-corrected chi connectivity index (χ4v) is 4.92. The lowest BCUT2D eigenvalue weighted by Gasteiger charge is -2.36. The minimum absolute atomic E-state index is 0.0697. The number of furan rings is 1. The predicted octanol–water partition coefficient (Wildman–Crippen LogP) is 7.18. The lowest BCUT2D eigenvalue weighted by Crippen LogP contribution is -2.48. The van der Waals surface area contributed by atoms with Crippen molar-refractivity contribution in [1.29, 1.82) is 0 Å². The van der Waals surface area contributed by atoms with Crippen molar-refractivity contribution in [3.8, 4) is 11.3 Å². The number of piperazine rings is 1. The zero-order chi connectivity index (χ0) is 27.4. The Morgan fingerprint density at radius 3 is 2.28 bits per heavy atom. The van der Waals surface area contributed by atoms with E-state index in [2.05, 4.69) is 10.2 Å². The molecule has 1 saturated heterocycles. The monoisotopic (exact) mass is 559 g/mol. The van der Waals surface area contributed by atoms with Gasteiger partial charge in [-0.15, -0.1) is 0 Å². The molecule has 0 bridgehead atoms. The highest BCUT2D eigenvalue weighted by molar-refractivity contribution is 6.36. The predicted molar refractivity (Wildman–Crippen MR) is 158 cm³/mol. The number of aryl methyl sites for hydroxylation is 1. The lowest BCUT2D eigenvalue weighted by atomic mass is 10.1. The molecule has 1 aliphatic heterocycles. The van der Waals surface area contributed by atoms with Crippen LogP contribution < -0.4 is 10.2 Å². The summed E-state index contributed by atoms with van der Waals surface area (Å²) in [7, 11) is 0. The number of carbonyl (C=O) groups is 2. The van der Waals surface area contributed by atoms with Crippen molar-refractivity contribution in [3.05, 3.63) is 112 Å². The van der Waals surface area contributed by atoms with Gasteiger partial charge in [0.25, 0.3) is 5.91 Å². The molecule has 4 aromatic rings. The van der Waals surface area contributed by atoms with Gasteiger partial charge in [-0.2, -0.15) is 0 Å². The van der Waals surface area contributed by atoms with Crippen LogP contribution in [0.25, 0.3) is 17.4 Å². The largest absolute Gasteiger partial charge is 0.457 e. The zero-order valence-corrected chi connectivity index (χ0v) is 22.9. The van der Waals surface area contributed by atoms with Gasteiger partial charge in [0.15, 0.2) is 0 Å². The molecule has 0 spiro atoms. The van der Waals surface area contributed by atoms with Crippen molar-refractivity contribution in [2.75, 3.05) is 36.4 Å². The molecular weight excluding hydrogens is 533 g/mol. The molecule has 0 unspecified atom stereocenters. The van der Waals surface area contributed by atoms with Gasteiger partial charge in [-0.05, 0) is 79.7 Å². The molecule has 3 aromatic carbocycles. The Bertz CT molecular complexity index is 1500. The number of anilines is 2. The van der Waals surface area contributed by atoms with Crippen LogP contribution in [0.3, 0.4) is 0 Å². The van der Waals surface area contributed by atoms with E-state index >= 15 is 0 Å². The summed E-state index contributed by atoms with van der Waals surface area (Å²) in [4.78, 5) is 29.4. The van der Waals surface area contributed by atoms with Crippen molar-refractivity contribution in [1.82, 2.24) is 4.90 Å². The van der Waals surface area contributed by atoms with E-state index in [9.17, 15) is 9.59 Å². The van der Waals surface area contributed by atoms with Crippen molar-refractivity contribution in [2.24, 2.45) is 0 Å². The van der Waals surface area contributed by atoms with Crippen molar-refractivity contribution in [3.63, 3.8) is 0 Å². The number of benzene rings is 3. The highest BCUT2D eigenvalue weighted by Gasteiger charge is 2.22. The van der Waals surface area contributed by atoms with Gasteiger partial charge in [-0.3, -0.25) is 9.59 Å². The van der Waals surface area contributed by atoms with E-state index in [0.29, 0.717) is 40.3 Å². The van der Waals surface area contributed by atoms with Crippen molar-refractivity contribution >= 4 is 52.5 Å². The van der Waals surface area contributed by atoms with Gasteiger partial charge in [-0.25, -0.2) is 0 Å². The molecule has 2 heterocycles. The minimum Gasteiger partial charge on any atom is -0.457 e. The number of halogens is 2. The second-order valence-corrected chi connectivity index (χ2v) is 10.2. The highest BCUT2D eigenvalue weighted by atomic mass is 35.5. The third-order valence-electron chi connectivity index (χ3n) is 6.59. The van der Waals surface area contributed by atoms with E-state index in [0.717, 1.165) is 35.5 Å². The summed E-state index contributed by atoms with van der Waals surface area (Å²) in [5.74, 6) is 0.919. The van der Waals surface area contributed by atoms with Crippen LogP contribution in [0.2, 0.25) is 10.0 Å². The molecule has 1 aliphatic rings. The van der Waals surface area contributed by atoms with Crippen LogP contribution in [0.1, 0.15) is 21.7 Å². The van der Waals surface area contributed by atoms with E-state index in [4.69, 9.17) is 27.6 Å². The first kappa shape index (κ1) is 26.6. The van der Waals surface area contributed by atoms with Crippen LogP contribution in [0.15, 0.2) is 89.4 Å². The van der Waals surface area contributed by atoms with Crippen LogP contribution in [0.5, 0.6) is 0 Å². The van der Waals surface area contributed by atoms with Crippen molar-refractivity contribution < 1.29 is 14.0 Å². The molecule has 6 nitrogen and oxygen atoms in total. The number of rotatable bonds is 6. The second kappa shape index (κ2) is 11.8. The summed E-state index contributed by atoms with van der Waals surface area (Å²) in [6.07, 6.45) is 3.03. The maximum absolute atomic E-state index is 12.8. The Labute approximate surface area is 237 Å². The van der Waals surface area contributed by atoms with E-state index in [1.54, 1.807) is 36.4 Å². The van der Waals surface area contributed by atoms with Gasteiger partial charge in [0.1, 0.15) is 11.5 Å². The van der Waals surface area contributed by atoms with Crippen LogP contribution in [-0.2, 0) is 4.79 Å². The average Bonchev–Trinajstić information content (AvgIpc) is 3.41. The second-order valence-electron chi connectivity index (χ2n) is 9.34. The Morgan fingerprint density at radius 1 is 0.872 bits per heavy atom. The number of hydrogen-bond acceptors (Lipinski definition) is 4. The SMILES string of the molecule is Cc1ccc(C(=O)N2CCN(c3ccc(NC(=O)/C=C/c4ccc(-c5ccc(Cl)cc5Cl)o4)cc3)CC2)cc1. The fourth-order valence-electron chi connectivity index (χ4n) is 4.42. The number of amides is 2. The summed E-state index contributed by atoms with van der Waals surface area (Å²) < 4.78 is 5.80. The number of hydrogen-bond donors (Lipinski definition) is 1. The van der Waals surface area contributed by atoms with Gasteiger partial charge in [0.05, 0.1) is 5.02 Å². The van der Waals surface area contributed by atoms with E-state index in [1.165, 1.54) is 6.08 Å². The maximum Gasteiger partial charge on any atom is 0.253 e. The van der Waals surface area contributed by atoms with Crippen LogP contribution in [0.4, 0.5) is 11.4 Å². The quantitative estimate of drug-likeness (QED) is 0.254. The van der Waals surface area contributed by atoms with Gasteiger partial charge in [0, 0.05) is 59.8 Å². The van der Waals surface area contributed by atoms with Gasteiger partial charge in [0.2, 0.25) is 5.91 Å². The first-order valence-corrected chi connectivity index (χ1v) is 13.4. The Morgan fingerprint density at radius 2 is 1.59 bits per heavy atom. The van der Waals surface area contributed by atoms with E-state index < -0.39 is 0 Å². The highest BCUT2D eigenvalue weighted by Crippen LogP contribution is 2.31. The molecule has 0 radical (unpaired) electrons. The molecule has 1 fully saturated rings. The average molecular weight is 560 g/mol. The molecule has 2 amide bonds. The molecule has 0 atom stereocenters. The van der Waals surface area contributed by atoms with Gasteiger partial charge in [-0.1, -0.05) is 40.9 Å². The van der Waals surface area contributed by atoms with Crippen LogP contribution in [-0.4, -0.2) is 42.9 Å². The summed E-state index contributed by atoms with van der Waals surface area (Å²) in [5, 5.41) is 3.91. The van der Waals surface area contributed by atoms with Crippen LogP contribution in [0, 0.1) is 6.92 Å². The molecular formula is C31H27Cl2N3O3. The van der Waals surface area contributed by atoms with Gasteiger partial charge >= 0.3 is 0 Å². The molecule has 39 heavy (non-hydrogen) atoms. The van der Waals surface area contributed by atoms with E-state index in [1.807, 2.05) is 60.4 Å². The minimum atomic E-state index is -0.270. The Balaban J connectivity index is 1.13. The summed E-state index contributed by atoms with van der Waals surface area (Å²) >= 11 is 12.2. The molecule has 1 aromatic heterocycles. The van der Waals surface area contributed by atoms with Crippen LogP contribution >= 0.6 is 23.2 Å². The number of nitrogens with one attached hydrogen (secondary N) is 1. The zero-order valence-electron chi connectivity index (χ0n) is 21.4. The topological polar surface area (TPSA) is 65.8 Å². The number of carbonyl (C=O) groups excluding carboxylic acids is 2. The smallest absolute Gasteiger partial charge is 0.253 e. The first-order valence-electron chi connectivity index (χ1n) is 12.6. The number of nitrogens with zero attached hydrogens (tertiary/aromatic N) is 2. The normalized spacial score (nSPS) is 13.6. The molecule has 1 N–H and O–H groups in total. The van der Waals surface area contributed by atoms with E-state index in [-0.39, 0.29) is 11.8 Å². The maximum atomic E-state index is 12.8. The summed E-state index contributed by atoms with van der Waals surface area (Å²) in [6.45, 7) is 4.83. The summed E-state index contributed by atoms with van der Waals surface area (Å²) in [6, 6.07) is 24.2. The third kappa shape index (κ3) is 6.53. The first-order chi connectivity index (χ1) is 18.9. The molecule has 0 aliphatic carbocycles. The molecule has 5 rings (SSSR count). The van der Waals surface area contributed by atoms with Gasteiger partial charge < -0.3 is 19.5 Å². The molecule has 8 heteroatoms. The fraction of sp³-hybridized carbons (Fsp3) is 0.161. The molecule has 198 valence electrons. The van der Waals surface area contributed by atoms with Crippen molar-refractivity contribution in [2.45, 2.75) is 6.92 Å². The third-order valence-corrected chi connectivity index (χ3v) is 7.14. The Kier molecular flexibility index (Phi) is 8.05. The molecule has 0 saturated carbocycles. The standard InChI is InChI=1S/C31H27Cl2N3O3/c1-21-2-4-22(5-3-21)31(38)36-18-16-35(17-19-36)25-9-7-24(8-10-25)34-30(37)15-12-26-11-14-29(39-26)27-13-6-23(32)20-28(27)33/h2-15,20H,16-19H2,1H3,(H,34,37)/b15-12+. The Hall–Kier alpha value is -4.00.